The Morgan fingerprint density at radius 3 is 2.71 bits per heavy atom. The van der Waals surface area contributed by atoms with Gasteiger partial charge in [0.2, 0.25) is 12.7 Å². The molecule has 0 bridgehead atoms. The molecule has 0 saturated heterocycles. The highest BCUT2D eigenvalue weighted by molar-refractivity contribution is 8.00. The SMILES string of the molecule is Cc1ccc(-n2nc(C)c3c2NC(=O)CSC3c2ccc3c(c2)OCO3)cc1. The molecule has 1 atom stereocenters. The van der Waals surface area contributed by atoms with Crippen LogP contribution in [-0.4, -0.2) is 28.2 Å². The Labute approximate surface area is 166 Å². The van der Waals surface area contributed by atoms with Crippen LogP contribution in [0.5, 0.6) is 11.5 Å². The van der Waals surface area contributed by atoms with Crippen molar-refractivity contribution in [3.63, 3.8) is 0 Å². The van der Waals surface area contributed by atoms with Crippen molar-refractivity contribution in [2.45, 2.75) is 19.1 Å². The predicted octanol–water partition coefficient (Wildman–Crippen LogP) is 3.99. The number of carbonyl (C=O) groups is 1. The quantitative estimate of drug-likeness (QED) is 0.713. The lowest BCUT2D eigenvalue weighted by Gasteiger charge is -2.16. The van der Waals surface area contributed by atoms with Crippen LogP contribution in [0.25, 0.3) is 5.69 Å². The van der Waals surface area contributed by atoms with Gasteiger partial charge >= 0.3 is 0 Å². The van der Waals surface area contributed by atoms with E-state index in [1.165, 1.54) is 5.56 Å². The summed E-state index contributed by atoms with van der Waals surface area (Å²) in [7, 11) is 0. The van der Waals surface area contributed by atoms with Gasteiger partial charge in [0, 0.05) is 5.56 Å². The number of anilines is 1. The summed E-state index contributed by atoms with van der Waals surface area (Å²) in [6, 6.07) is 14.1. The lowest BCUT2D eigenvalue weighted by molar-refractivity contribution is -0.113. The molecule has 1 aromatic heterocycles. The summed E-state index contributed by atoms with van der Waals surface area (Å²) in [6.07, 6.45) is 0. The zero-order valence-corrected chi connectivity index (χ0v) is 16.4. The number of fused-ring (bicyclic) bond motifs is 2. The number of benzene rings is 2. The van der Waals surface area contributed by atoms with Crippen LogP contribution in [0.1, 0.15) is 27.6 Å². The summed E-state index contributed by atoms with van der Waals surface area (Å²) in [5.74, 6) is 2.58. The number of hydrogen-bond acceptors (Lipinski definition) is 5. The van der Waals surface area contributed by atoms with E-state index in [2.05, 4.69) is 5.32 Å². The predicted molar refractivity (Wildman–Crippen MR) is 109 cm³/mol. The number of rotatable bonds is 2. The molecule has 1 unspecified atom stereocenters. The lowest BCUT2D eigenvalue weighted by Crippen LogP contribution is -2.15. The number of hydrogen-bond donors (Lipinski definition) is 1. The second kappa shape index (κ2) is 6.60. The molecule has 1 N–H and O–H groups in total. The molecular formula is C21H19N3O3S. The molecule has 7 heteroatoms. The molecule has 142 valence electrons. The fraction of sp³-hybridized carbons (Fsp3) is 0.238. The maximum absolute atomic E-state index is 12.4. The molecule has 6 nitrogen and oxygen atoms in total. The van der Waals surface area contributed by atoms with Gasteiger partial charge < -0.3 is 14.8 Å². The molecule has 0 radical (unpaired) electrons. The molecule has 0 aliphatic carbocycles. The van der Waals surface area contributed by atoms with Crippen molar-refractivity contribution >= 4 is 23.5 Å². The maximum atomic E-state index is 12.4. The summed E-state index contributed by atoms with van der Waals surface area (Å²) >= 11 is 1.60. The number of carbonyl (C=O) groups excluding carboxylic acids is 1. The van der Waals surface area contributed by atoms with Gasteiger partial charge in [0.1, 0.15) is 5.82 Å². The number of nitrogens with zero attached hydrogens (tertiary/aromatic N) is 2. The molecule has 28 heavy (non-hydrogen) atoms. The number of amides is 1. The first kappa shape index (κ1) is 17.2. The summed E-state index contributed by atoms with van der Waals surface area (Å²) in [5.41, 5.74) is 5.09. The van der Waals surface area contributed by atoms with Crippen molar-refractivity contribution < 1.29 is 14.3 Å². The van der Waals surface area contributed by atoms with Gasteiger partial charge in [-0.1, -0.05) is 23.8 Å². The molecule has 0 fully saturated rings. The molecule has 3 aromatic rings. The number of aromatic nitrogens is 2. The van der Waals surface area contributed by atoms with Crippen LogP contribution in [0.2, 0.25) is 0 Å². The molecule has 3 heterocycles. The zero-order valence-electron chi connectivity index (χ0n) is 15.6. The fourth-order valence-corrected chi connectivity index (χ4v) is 4.77. The number of ether oxygens (including phenoxy) is 2. The third kappa shape index (κ3) is 2.82. The number of nitrogens with one attached hydrogen (secondary N) is 1. The van der Waals surface area contributed by atoms with Gasteiger partial charge in [-0.2, -0.15) is 5.10 Å². The van der Waals surface area contributed by atoms with E-state index in [4.69, 9.17) is 14.6 Å². The van der Waals surface area contributed by atoms with Gasteiger partial charge in [-0.25, -0.2) is 4.68 Å². The Bertz CT molecular complexity index is 1080. The first-order valence-electron chi connectivity index (χ1n) is 9.08. The largest absolute Gasteiger partial charge is 0.454 e. The van der Waals surface area contributed by atoms with E-state index in [0.717, 1.165) is 39.8 Å². The Kier molecular flexibility index (Phi) is 4.05. The first-order chi connectivity index (χ1) is 13.6. The summed E-state index contributed by atoms with van der Waals surface area (Å²) in [6.45, 7) is 4.28. The van der Waals surface area contributed by atoms with E-state index in [1.54, 1.807) is 11.8 Å². The van der Waals surface area contributed by atoms with Gasteiger partial charge in [0.25, 0.3) is 0 Å². The van der Waals surface area contributed by atoms with Crippen molar-refractivity contribution in [2.75, 3.05) is 17.9 Å². The third-order valence-electron chi connectivity index (χ3n) is 4.99. The van der Waals surface area contributed by atoms with Crippen LogP contribution in [-0.2, 0) is 4.79 Å². The molecule has 2 aromatic carbocycles. The Morgan fingerprint density at radius 2 is 1.89 bits per heavy atom. The van der Waals surface area contributed by atoms with E-state index in [1.807, 2.05) is 61.0 Å². The summed E-state index contributed by atoms with van der Waals surface area (Å²) in [5, 5.41) is 7.79. The molecule has 1 amide bonds. The minimum Gasteiger partial charge on any atom is -0.454 e. The highest BCUT2D eigenvalue weighted by atomic mass is 32.2. The Balaban J connectivity index is 1.65. The van der Waals surface area contributed by atoms with E-state index in [0.29, 0.717) is 5.75 Å². The van der Waals surface area contributed by atoms with Crippen molar-refractivity contribution in [2.24, 2.45) is 0 Å². The Hall–Kier alpha value is -2.93. The van der Waals surface area contributed by atoms with Gasteiger partial charge in [-0.3, -0.25) is 4.79 Å². The Morgan fingerprint density at radius 1 is 1.11 bits per heavy atom. The van der Waals surface area contributed by atoms with Crippen LogP contribution in [0.15, 0.2) is 42.5 Å². The standard InChI is InChI=1S/C21H19N3O3S/c1-12-3-6-15(7-4-12)24-21-19(13(2)23-24)20(28-10-18(25)22-21)14-5-8-16-17(9-14)27-11-26-16/h3-9,20H,10-11H2,1-2H3,(H,22,25). The van der Waals surface area contributed by atoms with E-state index >= 15 is 0 Å². The van der Waals surface area contributed by atoms with Crippen LogP contribution in [0, 0.1) is 13.8 Å². The normalized spacial score (nSPS) is 17.8. The minimum atomic E-state index is -0.0253. The van der Waals surface area contributed by atoms with E-state index in [-0.39, 0.29) is 18.0 Å². The van der Waals surface area contributed by atoms with Gasteiger partial charge in [0.05, 0.1) is 22.4 Å². The van der Waals surface area contributed by atoms with Crippen molar-refractivity contribution in [3.05, 3.63) is 64.8 Å². The second-order valence-electron chi connectivity index (χ2n) is 6.95. The minimum absolute atomic E-state index is 0.0252. The summed E-state index contributed by atoms with van der Waals surface area (Å²) < 4.78 is 12.8. The topological polar surface area (TPSA) is 65.4 Å². The van der Waals surface area contributed by atoms with Crippen LogP contribution < -0.4 is 14.8 Å². The maximum Gasteiger partial charge on any atom is 0.235 e. The van der Waals surface area contributed by atoms with Crippen molar-refractivity contribution in [1.82, 2.24) is 9.78 Å². The average molecular weight is 393 g/mol. The van der Waals surface area contributed by atoms with Gasteiger partial charge in [-0.05, 0) is 43.7 Å². The molecule has 0 saturated carbocycles. The first-order valence-corrected chi connectivity index (χ1v) is 10.1. The monoisotopic (exact) mass is 393 g/mol. The van der Waals surface area contributed by atoms with Crippen LogP contribution in [0.4, 0.5) is 5.82 Å². The van der Waals surface area contributed by atoms with Crippen molar-refractivity contribution in [1.29, 1.82) is 0 Å². The van der Waals surface area contributed by atoms with Crippen LogP contribution >= 0.6 is 11.8 Å². The van der Waals surface area contributed by atoms with Gasteiger partial charge in [-0.15, -0.1) is 11.8 Å². The number of thioether (sulfide) groups is 1. The van der Waals surface area contributed by atoms with Crippen molar-refractivity contribution in [3.8, 4) is 17.2 Å². The highest BCUT2D eigenvalue weighted by Crippen LogP contribution is 2.46. The smallest absolute Gasteiger partial charge is 0.235 e. The van der Waals surface area contributed by atoms with E-state index < -0.39 is 0 Å². The third-order valence-corrected chi connectivity index (χ3v) is 6.26. The molecule has 0 spiro atoms. The van der Waals surface area contributed by atoms with E-state index in [9.17, 15) is 4.79 Å². The molecule has 2 aliphatic heterocycles. The fourth-order valence-electron chi connectivity index (χ4n) is 3.60. The van der Waals surface area contributed by atoms with Gasteiger partial charge in [0.15, 0.2) is 11.5 Å². The summed E-state index contributed by atoms with van der Waals surface area (Å²) in [4.78, 5) is 12.4. The second-order valence-corrected chi connectivity index (χ2v) is 8.04. The zero-order chi connectivity index (χ0) is 19.3. The number of aryl methyl sites for hydroxylation is 2. The highest BCUT2D eigenvalue weighted by Gasteiger charge is 2.31. The molecular weight excluding hydrogens is 374 g/mol. The molecule has 5 rings (SSSR count). The molecule has 2 aliphatic rings. The lowest BCUT2D eigenvalue weighted by atomic mass is 10.0. The average Bonchev–Trinajstić information content (AvgIpc) is 3.23. The van der Waals surface area contributed by atoms with Crippen LogP contribution in [0.3, 0.4) is 0 Å².